The van der Waals surface area contributed by atoms with E-state index in [0.717, 1.165) is 16.9 Å². The van der Waals surface area contributed by atoms with E-state index in [9.17, 15) is 0 Å². The smallest absolute Gasteiger partial charge is 0.0885 e. The zero-order valence-electron chi connectivity index (χ0n) is 8.23. The summed E-state index contributed by atoms with van der Waals surface area (Å²) < 4.78 is 1.74. The van der Waals surface area contributed by atoms with Gasteiger partial charge in [0.2, 0.25) is 0 Å². The highest BCUT2D eigenvalue weighted by atomic mass is 15.4. The summed E-state index contributed by atoms with van der Waals surface area (Å²) in [7, 11) is 1.87. The fraction of sp³-hybridized carbons (Fsp3) is 0.200. The molecule has 2 rings (SSSR count). The normalized spacial score (nSPS) is 10.4. The van der Waals surface area contributed by atoms with Crippen molar-refractivity contribution in [2.24, 2.45) is 7.05 Å². The summed E-state index contributed by atoms with van der Waals surface area (Å²) in [6, 6.07) is 5.83. The fourth-order valence-corrected chi connectivity index (χ4v) is 1.45. The predicted molar refractivity (Wildman–Crippen MR) is 55.6 cm³/mol. The maximum absolute atomic E-state index is 5.73. The zero-order chi connectivity index (χ0) is 10.1. The molecule has 0 aliphatic rings. The van der Waals surface area contributed by atoms with Crippen LogP contribution in [0.5, 0.6) is 0 Å². The number of hydrogen-bond acceptors (Lipinski definition) is 3. The molecule has 2 N–H and O–H groups in total. The second kappa shape index (κ2) is 3.14. The van der Waals surface area contributed by atoms with E-state index in [4.69, 9.17) is 5.73 Å². The summed E-state index contributed by atoms with van der Waals surface area (Å²) in [6.07, 6.45) is 1.74. The number of hydrogen-bond donors (Lipinski definition) is 1. The van der Waals surface area contributed by atoms with Crippen LogP contribution in [0.15, 0.2) is 24.4 Å². The van der Waals surface area contributed by atoms with Gasteiger partial charge in [0.1, 0.15) is 0 Å². The molecule has 1 aromatic heterocycles. The van der Waals surface area contributed by atoms with Gasteiger partial charge in [-0.1, -0.05) is 11.3 Å². The minimum absolute atomic E-state index is 0.756. The summed E-state index contributed by atoms with van der Waals surface area (Å²) in [5.74, 6) is 0. The highest BCUT2D eigenvalue weighted by molar-refractivity contribution is 5.67. The largest absolute Gasteiger partial charge is 0.399 e. The number of rotatable bonds is 1. The molecule has 2 aromatic rings. The standard InChI is InChI=1S/C10H12N4/c1-7-3-4-8(11)5-9(7)10-6-12-13-14(10)2/h3-6H,11H2,1-2H3. The first-order chi connectivity index (χ1) is 6.68. The van der Waals surface area contributed by atoms with Crippen LogP contribution in [0.1, 0.15) is 5.56 Å². The van der Waals surface area contributed by atoms with E-state index in [2.05, 4.69) is 10.3 Å². The van der Waals surface area contributed by atoms with E-state index in [1.807, 2.05) is 32.2 Å². The zero-order valence-corrected chi connectivity index (χ0v) is 8.23. The van der Waals surface area contributed by atoms with Gasteiger partial charge >= 0.3 is 0 Å². The number of nitrogens with two attached hydrogens (primary N) is 1. The van der Waals surface area contributed by atoms with Crippen molar-refractivity contribution in [3.05, 3.63) is 30.0 Å². The minimum atomic E-state index is 0.756. The summed E-state index contributed by atoms with van der Waals surface area (Å²) in [5.41, 5.74) is 9.72. The molecule has 0 amide bonds. The van der Waals surface area contributed by atoms with Gasteiger partial charge in [0.15, 0.2) is 0 Å². The van der Waals surface area contributed by atoms with Crippen molar-refractivity contribution in [2.75, 3.05) is 5.73 Å². The molecule has 0 radical (unpaired) electrons. The van der Waals surface area contributed by atoms with Crippen LogP contribution in [-0.2, 0) is 7.05 Å². The summed E-state index contributed by atoms with van der Waals surface area (Å²) in [4.78, 5) is 0. The summed E-state index contributed by atoms with van der Waals surface area (Å²) in [5, 5.41) is 7.73. The van der Waals surface area contributed by atoms with Crippen LogP contribution < -0.4 is 5.73 Å². The average molecular weight is 188 g/mol. The Morgan fingerprint density at radius 2 is 2.14 bits per heavy atom. The maximum atomic E-state index is 5.73. The highest BCUT2D eigenvalue weighted by Gasteiger charge is 2.06. The van der Waals surface area contributed by atoms with Gasteiger partial charge in [-0.15, -0.1) is 5.10 Å². The third-order valence-electron chi connectivity index (χ3n) is 2.25. The molecule has 14 heavy (non-hydrogen) atoms. The molecule has 1 heterocycles. The van der Waals surface area contributed by atoms with E-state index in [0.29, 0.717) is 0 Å². The second-order valence-corrected chi connectivity index (χ2v) is 3.32. The lowest BCUT2D eigenvalue weighted by atomic mass is 10.1. The van der Waals surface area contributed by atoms with Gasteiger partial charge in [0, 0.05) is 18.3 Å². The van der Waals surface area contributed by atoms with Crippen molar-refractivity contribution in [1.82, 2.24) is 15.0 Å². The summed E-state index contributed by atoms with van der Waals surface area (Å²) in [6.45, 7) is 2.04. The highest BCUT2D eigenvalue weighted by Crippen LogP contribution is 2.23. The SMILES string of the molecule is Cc1ccc(N)cc1-c1cnnn1C. The topological polar surface area (TPSA) is 56.7 Å². The third-order valence-corrected chi connectivity index (χ3v) is 2.25. The third kappa shape index (κ3) is 1.35. The van der Waals surface area contributed by atoms with Crippen molar-refractivity contribution in [3.63, 3.8) is 0 Å². The Morgan fingerprint density at radius 3 is 2.79 bits per heavy atom. The summed E-state index contributed by atoms with van der Waals surface area (Å²) >= 11 is 0. The second-order valence-electron chi connectivity index (χ2n) is 3.32. The molecular weight excluding hydrogens is 176 g/mol. The van der Waals surface area contributed by atoms with Crippen molar-refractivity contribution >= 4 is 5.69 Å². The molecule has 0 aliphatic carbocycles. The van der Waals surface area contributed by atoms with Crippen LogP contribution in [0.25, 0.3) is 11.3 Å². The van der Waals surface area contributed by atoms with Gasteiger partial charge in [-0.2, -0.15) is 0 Å². The molecule has 0 spiro atoms. The number of nitrogens with zero attached hydrogens (tertiary/aromatic N) is 3. The van der Waals surface area contributed by atoms with E-state index < -0.39 is 0 Å². The van der Waals surface area contributed by atoms with Gasteiger partial charge < -0.3 is 5.73 Å². The molecule has 0 fully saturated rings. The Kier molecular flexibility index (Phi) is 1.96. The first-order valence-electron chi connectivity index (χ1n) is 4.39. The van der Waals surface area contributed by atoms with E-state index in [-0.39, 0.29) is 0 Å². The van der Waals surface area contributed by atoms with Crippen LogP contribution in [0.2, 0.25) is 0 Å². The first-order valence-corrected chi connectivity index (χ1v) is 4.39. The van der Waals surface area contributed by atoms with E-state index in [1.54, 1.807) is 10.9 Å². The Hall–Kier alpha value is -1.84. The van der Waals surface area contributed by atoms with Gasteiger partial charge in [-0.3, -0.25) is 0 Å². The monoisotopic (exact) mass is 188 g/mol. The number of benzene rings is 1. The van der Waals surface area contributed by atoms with Crippen LogP contribution >= 0.6 is 0 Å². The minimum Gasteiger partial charge on any atom is -0.399 e. The molecule has 0 bridgehead atoms. The molecular formula is C10H12N4. The molecule has 0 aliphatic heterocycles. The van der Waals surface area contributed by atoms with Gasteiger partial charge in [-0.25, -0.2) is 4.68 Å². The Labute approximate surface area is 82.4 Å². The van der Waals surface area contributed by atoms with E-state index >= 15 is 0 Å². The lowest BCUT2D eigenvalue weighted by Crippen LogP contribution is -1.96. The van der Waals surface area contributed by atoms with Crippen molar-refractivity contribution in [1.29, 1.82) is 0 Å². The molecule has 0 saturated heterocycles. The Balaban J connectivity index is 2.62. The maximum Gasteiger partial charge on any atom is 0.0885 e. The average Bonchev–Trinajstić information content (AvgIpc) is 2.56. The lowest BCUT2D eigenvalue weighted by Gasteiger charge is -2.05. The molecule has 4 nitrogen and oxygen atoms in total. The van der Waals surface area contributed by atoms with Crippen molar-refractivity contribution in [2.45, 2.75) is 6.92 Å². The Bertz CT molecular complexity index is 459. The van der Waals surface area contributed by atoms with Crippen LogP contribution in [0, 0.1) is 6.92 Å². The molecule has 1 aromatic carbocycles. The Morgan fingerprint density at radius 1 is 1.36 bits per heavy atom. The molecule has 0 saturated carbocycles. The van der Waals surface area contributed by atoms with Crippen LogP contribution in [0.4, 0.5) is 5.69 Å². The predicted octanol–water partition coefficient (Wildman–Crippen LogP) is 1.37. The molecule has 0 unspecified atom stereocenters. The lowest BCUT2D eigenvalue weighted by molar-refractivity contribution is 0.720. The molecule has 4 heteroatoms. The van der Waals surface area contributed by atoms with Crippen molar-refractivity contribution < 1.29 is 0 Å². The molecule has 0 atom stereocenters. The van der Waals surface area contributed by atoms with Crippen LogP contribution in [-0.4, -0.2) is 15.0 Å². The quantitative estimate of drug-likeness (QED) is 0.688. The van der Waals surface area contributed by atoms with E-state index in [1.165, 1.54) is 5.56 Å². The van der Waals surface area contributed by atoms with Crippen LogP contribution in [0.3, 0.4) is 0 Å². The fourth-order valence-electron chi connectivity index (χ4n) is 1.45. The first kappa shape index (κ1) is 8.74. The molecule has 72 valence electrons. The number of anilines is 1. The van der Waals surface area contributed by atoms with Gasteiger partial charge in [0.25, 0.3) is 0 Å². The number of nitrogen functional groups attached to an aromatic ring is 1. The number of aromatic nitrogens is 3. The number of aryl methyl sites for hydroxylation is 2. The van der Waals surface area contributed by atoms with Gasteiger partial charge in [0.05, 0.1) is 11.9 Å². The van der Waals surface area contributed by atoms with Crippen molar-refractivity contribution in [3.8, 4) is 11.3 Å². The van der Waals surface area contributed by atoms with Gasteiger partial charge in [-0.05, 0) is 24.6 Å².